The van der Waals surface area contributed by atoms with Gasteiger partial charge in [-0.15, -0.1) is 0 Å². The Hall–Kier alpha value is -0.130. The number of hydrogen-bond acceptors (Lipinski definition) is 2. The van der Waals surface area contributed by atoms with E-state index in [0.717, 1.165) is 12.8 Å². The molecule has 0 aromatic rings. The van der Waals surface area contributed by atoms with Crippen molar-refractivity contribution in [3.05, 3.63) is 0 Å². The van der Waals surface area contributed by atoms with Crippen LogP contribution in [0.2, 0.25) is 0 Å². The summed E-state index contributed by atoms with van der Waals surface area (Å²) in [6, 6.07) is 0.229. The van der Waals surface area contributed by atoms with E-state index in [1.165, 1.54) is 6.42 Å². The predicted octanol–water partition coefficient (Wildman–Crippen LogP) is 0.421. The Labute approximate surface area is 79.7 Å². The third-order valence-corrected chi connectivity index (χ3v) is 4.86. The molecular weight excluding hydrogens is 188 g/mol. The Morgan fingerprint density at radius 2 is 1.69 bits per heavy atom. The SMILES string of the molecule is C[C@H]1CN1S(=O)(=O)N1CCCCC1. The molecule has 0 spiro atoms. The van der Waals surface area contributed by atoms with Gasteiger partial charge in [0.25, 0.3) is 10.2 Å². The zero-order valence-electron chi connectivity index (χ0n) is 7.94. The molecule has 2 atom stereocenters. The molecule has 0 aromatic heterocycles. The highest BCUT2D eigenvalue weighted by Gasteiger charge is 2.43. The first-order valence-corrected chi connectivity index (χ1v) is 6.29. The molecule has 0 amide bonds. The van der Waals surface area contributed by atoms with Gasteiger partial charge < -0.3 is 0 Å². The molecule has 0 radical (unpaired) electrons. The lowest BCUT2D eigenvalue weighted by Gasteiger charge is -2.26. The summed E-state index contributed by atoms with van der Waals surface area (Å²) in [6.45, 7) is 4.08. The highest BCUT2D eigenvalue weighted by molar-refractivity contribution is 7.87. The van der Waals surface area contributed by atoms with E-state index in [1.54, 1.807) is 8.61 Å². The summed E-state index contributed by atoms with van der Waals surface area (Å²) in [7, 11) is -3.07. The summed E-state index contributed by atoms with van der Waals surface area (Å²) in [6.07, 6.45) is 3.20. The van der Waals surface area contributed by atoms with Gasteiger partial charge in [0, 0.05) is 25.7 Å². The van der Waals surface area contributed by atoms with Gasteiger partial charge in [0.1, 0.15) is 0 Å². The zero-order valence-corrected chi connectivity index (χ0v) is 8.76. The van der Waals surface area contributed by atoms with E-state index in [9.17, 15) is 8.42 Å². The summed E-state index contributed by atoms with van der Waals surface area (Å²) in [5.41, 5.74) is 0. The second-order valence-electron chi connectivity index (χ2n) is 3.89. The lowest BCUT2D eigenvalue weighted by molar-refractivity contribution is 0.333. The van der Waals surface area contributed by atoms with E-state index in [1.807, 2.05) is 6.92 Å². The van der Waals surface area contributed by atoms with Gasteiger partial charge in [-0.3, -0.25) is 0 Å². The first kappa shape index (κ1) is 9.43. The van der Waals surface area contributed by atoms with Crippen molar-refractivity contribution >= 4 is 10.2 Å². The van der Waals surface area contributed by atoms with Crippen LogP contribution in [-0.2, 0) is 10.2 Å². The molecular formula is C8H16N2O2S. The van der Waals surface area contributed by atoms with E-state index in [4.69, 9.17) is 0 Å². The Morgan fingerprint density at radius 3 is 2.15 bits per heavy atom. The Bertz CT molecular complexity index is 283. The molecule has 76 valence electrons. The van der Waals surface area contributed by atoms with Crippen molar-refractivity contribution in [2.45, 2.75) is 32.2 Å². The summed E-state index contributed by atoms with van der Waals surface area (Å²) >= 11 is 0. The molecule has 13 heavy (non-hydrogen) atoms. The minimum absolute atomic E-state index is 0.229. The van der Waals surface area contributed by atoms with Gasteiger partial charge >= 0.3 is 0 Å². The van der Waals surface area contributed by atoms with Crippen LogP contribution in [0.1, 0.15) is 26.2 Å². The largest absolute Gasteiger partial charge is 0.282 e. The van der Waals surface area contributed by atoms with E-state index in [-0.39, 0.29) is 6.04 Å². The minimum atomic E-state index is -3.07. The molecule has 0 bridgehead atoms. The van der Waals surface area contributed by atoms with Crippen molar-refractivity contribution in [3.63, 3.8) is 0 Å². The summed E-state index contributed by atoms with van der Waals surface area (Å²) < 4.78 is 26.8. The molecule has 2 fully saturated rings. The van der Waals surface area contributed by atoms with E-state index >= 15 is 0 Å². The van der Waals surface area contributed by atoms with Crippen LogP contribution in [0, 0.1) is 0 Å². The normalized spacial score (nSPS) is 36.1. The Kier molecular flexibility index (Phi) is 2.33. The Balaban J connectivity index is 2.05. The van der Waals surface area contributed by atoms with Crippen LogP contribution in [0.3, 0.4) is 0 Å². The van der Waals surface area contributed by atoms with E-state index < -0.39 is 10.2 Å². The predicted molar refractivity (Wildman–Crippen MR) is 50.5 cm³/mol. The van der Waals surface area contributed by atoms with Crippen LogP contribution >= 0.6 is 0 Å². The molecule has 2 saturated heterocycles. The third-order valence-electron chi connectivity index (χ3n) is 2.74. The van der Waals surface area contributed by atoms with Gasteiger partial charge in [-0.2, -0.15) is 17.0 Å². The monoisotopic (exact) mass is 204 g/mol. The maximum Gasteiger partial charge on any atom is 0.282 e. The van der Waals surface area contributed by atoms with Gasteiger partial charge in [0.05, 0.1) is 0 Å². The summed E-state index contributed by atoms with van der Waals surface area (Å²) in [4.78, 5) is 0. The maximum absolute atomic E-state index is 11.8. The van der Waals surface area contributed by atoms with Crippen LogP contribution in [0.15, 0.2) is 0 Å². The first-order valence-electron chi connectivity index (χ1n) is 4.89. The van der Waals surface area contributed by atoms with Crippen LogP contribution in [0.25, 0.3) is 0 Å². The highest BCUT2D eigenvalue weighted by Crippen LogP contribution is 2.26. The molecule has 5 heteroatoms. The van der Waals surface area contributed by atoms with E-state index in [2.05, 4.69) is 0 Å². The second-order valence-corrected chi connectivity index (χ2v) is 5.77. The van der Waals surface area contributed by atoms with E-state index in [0.29, 0.717) is 19.6 Å². The number of nitrogens with zero attached hydrogens (tertiary/aromatic N) is 2. The third kappa shape index (κ3) is 1.73. The summed E-state index contributed by atoms with van der Waals surface area (Å²) in [5.74, 6) is 0. The molecule has 0 N–H and O–H groups in total. The van der Waals surface area contributed by atoms with Crippen molar-refractivity contribution in [2.75, 3.05) is 19.6 Å². The smallest absolute Gasteiger partial charge is 0.195 e. The summed E-state index contributed by atoms with van der Waals surface area (Å²) in [5, 5.41) is 0. The quantitative estimate of drug-likeness (QED) is 0.612. The standard InChI is InChI=1S/C8H16N2O2S/c1-8-7-10(8)13(11,12)9-5-3-2-4-6-9/h8H,2-7H2,1H3/t8-,10?/m0/s1. The fourth-order valence-electron chi connectivity index (χ4n) is 1.78. The van der Waals surface area contributed by atoms with Crippen molar-refractivity contribution in [1.82, 2.24) is 8.61 Å². The van der Waals surface area contributed by atoms with Crippen LogP contribution in [0.5, 0.6) is 0 Å². The molecule has 2 rings (SSSR count). The molecule has 0 aliphatic carbocycles. The van der Waals surface area contributed by atoms with Gasteiger partial charge in [0.15, 0.2) is 0 Å². The van der Waals surface area contributed by atoms with Crippen molar-refractivity contribution in [2.24, 2.45) is 0 Å². The van der Waals surface area contributed by atoms with Crippen molar-refractivity contribution < 1.29 is 8.42 Å². The lowest BCUT2D eigenvalue weighted by Crippen LogP contribution is -2.39. The molecule has 4 nitrogen and oxygen atoms in total. The maximum atomic E-state index is 11.8. The molecule has 1 unspecified atom stereocenters. The van der Waals surface area contributed by atoms with Crippen molar-refractivity contribution in [3.8, 4) is 0 Å². The van der Waals surface area contributed by atoms with Gasteiger partial charge in [-0.1, -0.05) is 6.42 Å². The average molecular weight is 204 g/mol. The molecule has 0 aromatic carbocycles. The van der Waals surface area contributed by atoms with Crippen LogP contribution < -0.4 is 0 Å². The highest BCUT2D eigenvalue weighted by atomic mass is 32.2. The van der Waals surface area contributed by atoms with Gasteiger partial charge in [-0.25, -0.2) is 0 Å². The fourth-order valence-corrected chi connectivity index (χ4v) is 3.65. The van der Waals surface area contributed by atoms with Crippen LogP contribution in [-0.4, -0.2) is 42.7 Å². The Morgan fingerprint density at radius 1 is 1.15 bits per heavy atom. The molecule has 2 aliphatic heterocycles. The minimum Gasteiger partial charge on any atom is -0.195 e. The topological polar surface area (TPSA) is 40.4 Å². The van der Waals surface area contributed by atoms with Gasteiger partial charge in [-0.05, 0) is 19.8 Å². The molecule has 2 aliphatic rings. The number of rotatable bonds is 2. The van der Waals surface area contributed by atoms with Gasteiger partial charge in [0.2, 0.25) is 0 Å². The second kappa shape index (κ2) is 3.22. The van der Waals surface area contributed by atoms with Crippen LogP contribution in [0.4, 0.5) is 0 Å². The number of piperidine rings is 1. The fraction of sp³-hybridized carbons (Fsp3) is 1.00. The van der Waals surface area contributed by atoms with Crippen molar-refractivity contribution in [1.29, 1.82) is 0 Å². The molecule has 2 heterocycles. The first-order chi connectivity index (χ1) is 6.12. The zero-order chi connectivity index (χ0) is 9.47. The molecule has 0 saturated carbocycles. The lowest BCUT2D eigenvalue weighted by atomic mass is 10.2. The average Bonchev–Trinajstić information content (AvgIpc) is 2.85. The number of hydrogen-bond donors (Lipinski definition) is 0.